The number of hydrogen-bond donors (Lipinski definition) is 1. The van der Waals surface area contributed by atoms with Crippen LogP contribution in [0.25, 0.3) is 10.9 Å². The average Bonchev–Trinajstić information content (AvgIpc) is 2.43. The van der Waals surface area contributed by atoms with Crippen LogP contribution in [0.5, 0.6) is 0 Å². The number of aromatic nitrogens is 1. The molecule has 0 spiro atoms. The van der Waals surface area contributed by atoms with Gasteiger partial charge in [0, 0.05) is 21.8 Å². The lowest BCUT2D eigenvalue weighted by Gasteiger charge is -2.23. The average molecular weight is 350 g/mol. The molecule has 3 rings (SSSR count). The van der Waals surface area contributed by atoms with E-state index in [0.717, 1.165) is 32.0 Å². The fraction of sp³-hybridized carbons (Fsp3) is 0.333. The van der Waals surface area contributed by atoms with Gasteiger partial charge in [-0.2, -0.15) is 0 Å². The molecule has 104 valence electrons. The maximum atomic E-state index is 4.71. The van der Waals surface area contributed by atoms with Gasteiger partial charge in [-0.1, -0.05) is 30.8 Å². The molecule has 0 bridgehead atoms. The molecule has 0 amide bonds. The van der Waals surface area contributed by atoms with Gasteiger partial charge in [0.1, 0.15) is 0 Å². The molecule has 3 nitrogen and oxygen atoms in total. The number of pyridine rings is 1. The highest BCUT2D eigenvalue weighted by Gasteiger charge is 2.19. The first-order valence-corrected chi connectivity index (χ1v) is 8.43. The number of nitrogens with zero attached hydrogens (tertiary/aromatic N) is 2. The highest BCUT2D eigenvalue weighted by Crippen LogP contribution is 2.27. The van der Waals surface area contributed by atoms with Crippen molar-refractivity contribution in [2.24, 2.45) is 10.9 Å². The second-order valence-corrected chi connectivity index (χ2v) is 7.04. The molecule has 0 saturated carbocycles. The number of rotatable bonds is 1. The molecule has 2 unspecified atom stereocenters. The monoisotopic (exact) mass is 349 g/mol. The summed E-state index contributed by atoms with van der Waals surface area (Å²) in [6, 6.07) is 8.61. The zero-order valence-electron chi connectivity index (χ0n) is 11.4. The summed E-state index contributed by atoms with van der Waals surface area (Å²) < 4.78 is 0.994. The number of nitrogens with one attached hydrogen (secondary N) is 1. The molecule has 2 aromatic rings. The molecular weight excluding hydrogens is 334 g/mol. The van der Waals surface area contributed by atoms with Crippen molar-refractivity contribution in [3.63, 3.8) is 0 Å². The normalized spacial score (nSPS) is 22.6. The van der Waals surface area contributed by atoms with Crippen LogP contribution in [0.15, 0.2) is 39.9 Å². The van der Waals surface area contributed by atoms with Crippen LogP contribution in [0.1, 0.15) is 13.8 Å². The van der Waals surface area contributed by atoms with Gasteiger partial charge in [0.15, 0.2) is 5.17 Å². The van der Waals surface area contributed by atoms with E-state index in [2.05, 4.69) is 58.3 Å². The largest absolute Gasteiger partial charge is 0.333 e. The Labute approximate surface area is 131 Å². The molecule has 1 aliphatic heterocycles. The first-order chi connectivity index (χ1) is 9.63. The van der Waals surface area contributed by atoms with Crippen molar-refractivity contribution in [1.29, 1.82) is 0 Å². The van der Waals surface area contributed by atoms with Gasteiger partial charge >= 0.3 is 0 Å². The van der Waals surface area contributed by atoms with Crippen molar-refractivity contribution in [3.05, 3.63) is 34.9 Å². The standard InChI is InChI=1S/C15H16BrN3S/c1-9-8-20-15(18-10(9)2)19-13-5-3-4-11-6-12(16)7-17-14(11)13/h3-7,9-10H,8H2,1-2H3,(H,18,19). The molecule has 20 heavy (non-hydrogen) atoms. The predicted octanol–water partition coefficient (Wildman–Crippen LogP) is 4.54. The fourth-order valence-corrected chi connectivity index (χ4v) is 3.59. The molecule has 5 heteroatoms. The van der Waals surface area contributed by atoms with Gasteiger partial charge in [-0.3, -0.25) is 9.98 Å². The van der Waals surface area contributed by atoms with Crippen molar-refractivity contribution in [1.82, 2.24) is 4.98 Å². The first kappa shape index (κ1) is 13.9. The number of anilines is 1. The van der Waals surface area contributed by atoms with E-state index in [9.17, 15) is 0 Å². The molecule has 0 radical (unpaired) electrons. The van der Waals surface area contributed by atoms with Crippen molar-refractivity contribution in [2.45, 2.75) is 19.9 Å². The van der Waals surface area contributed by atoms with Gasteiger partial charge < -0.3 is 5.32 Å². The zero-order valence-corrected chi connectivity index (χ0v) is 13.8. The quantitative estimate of drug-likeness (QED) is 0.821. The minimum Gasteiger partial charge on any atom is -0.333 e. The van der Waals surface area contributed by atoms with E-state index < -0.39 is 0 Å². The van der Waals surface area contributed by atoms with E-state index in [1.54, 1.807) is 11.8 Å². The number of hydrogen-bond acceptors (Lipinski definition) is 4. The van der Waals surface area contributed by atoms with E-state index >= 15 is 0 Å². The third kappa shape index (κ3) is 2.83. The summed E-state index contributed by atoms with van der Waals surface area (Å²) in [5.41, 5.74) is 1.99. The lowest BCUT2D eigenvalue weighted by molar-refractivity contribution is 0.537. The molecule has 1 aliphatic rings. The van der Waals surface area contributed by atoms with E-state index in [4.69, 9.17) is 4.99 Å². The summed E-state index contributed by atoms with van der Waals surface area (Å²) in [5, 5.41) is 5.54. The minimum absolute atomic E-state index is 0.371. The summed E-state index contributed by atoms with van der Waals surface area (Å²) in [4.78, 5) is 9.22. The molecule has 1 aromatic carbocycles. The summed E-state index contributed by atoms with van der Waals surface area (Å²) >= 11 is 5.24. The lowest BCUT2D eigenvalue weighted by Crippen LogP contribution is -2.25. The Bertz CT molecular complexity index is 671. The number of thioether (sulfide) groups is 1. The Morgan fingerprint density at radius 3 is 3.00 bits per heavy atom. The molecule has 1 aromatic heterocycles. The Hall–Kier alpha value is -1.07. The van der Waals surface area contributed by atoms with Crippen molar-refractivity contribution < 1.29 is 0 Å². The van der Waals surface area contributed by atoms with Crippen molar-refractivity contribution in [2.75, 3.05) is 11.1 Å². The van der Waals surface area contributed by atoms with Gasteiger partial charge in [-0.25, -0.2) is 0 Å². The Balaban J connectivity index is 1.93. The highest BCUT2D eigenvalue weighted by atomic mass is 79.9. The summed E-state index contributed by atoms with van der Waals surface area (Å²) in [7, 11) is 0. The Kier molecular flexibility index (Phi) is 3.98. The first-order valence-electron chi connectivity index (χ1n) is 6.65. The van der Waals surface area contributed by atoms with Crippen LogP contribution in [0, 0.1) is 5.92 Å². The van der Waals surface area contributed by atoms with Gasteiger partial charge in [0.2, 0.25) is 0 Å². The third-order valence-electron chi connectivity index (χ3n) is 3.55. The van der Waals surface area contributed by atoms with E-state index in [-0.39, 0.29) is 0 Å². The maximum Gasteiger partial charge on any atom is 0.161 e. The van der Waals surface area contributed by atoms with Gasteiger partial charge in [-0.15, -0.1) is 0 Å². The summed E-state index contributed by atoms with van der Waals surface area (Å²) in [5.74, 6) is 1.74. The van der Waals surface area contributed by atoms with Crippen LogP contribution < -0.4 is 5.32 Å². The summed E-state index contributed by atoms with van der Waals surface area (Å²) in [6.07, 6.45) is 1.83. The van der Waals surface area contributed by atoms with E-state index in [0.29, 0.717) is 12.0 Å². The number of para-hydroxylation sites is 1. The molecule has 0 aliphatic carbocycles. The number of fused-ring (bicyclic) bond motifs is 1. The minimum atomic E-state index is 0.371. The van der Waals surface area contributed by atoms with Crippen LogP contribution in [0.3, 0.4) is 0 Å². The zero-order chi connectivity index (χ0) is 14.1. The second kappa shape index (κ2) is 5.74. The lowest BCUT2D eigenvalue weighted by atomic mass is 10.1. The molecule has 0 fully saturated rings. The van der Waals surface area contributed by atoms with E-state index in [1.807, 2.05) is 12.3 Å². The van der Waals surface area contributed by atoms with Crippen molar-refractivity contribution >= 4 is 49.4 Å². The predicted molar refractivity (Wildman–Crippen MR) is 91.6 cm³/mol. The van der Waals surface area contributed by atoms with Crippen LogP contribution >= 0.6 is 27.7 Å². The maximum absolute atomic E-state index is 4.71. The molecule has 0 saturated heterocycles. The van der Waals surface area contributed by atoms with Crippen LogP contribution in [0.2, 0.25) is 0 Å². The molecular formula is C15H16BrN3S. The van der Waals surface area contributed by atoms with Crippen LogP contribution in [-0.2, 0) is 0 Å². The number of benzene rings is 1. The molecule has 2 heterocycles. The molecule has 2 atom stereocenters. The fourth-order valence-electron chi connectivity index (χ4n) is 2.12. The summed E-state index contributed by atoms with van der Waals surface area (Å²) in [6.45, 7) is 4.42. The number of amidine groups is 1. The van der Waals surface area contributed by atoms with Gasteiger partial charge in [0.05, 0.1) is 17.2 Å². The number of halogens is 1. The van der Waals surface area contributed by atoms with E-state index in [1.165, 1.54) is 0 Å². The van der Waals surface area contributed by atoms with Crippen molar-refractivity contribution in [3.8, 4) is 0 Å². The van der Waals surface area contributed by atoms with Crippen LogP contribution in [0.4, 0.5) is 5.69 Å². The van der Waals surface area contributed by atoms with Gasteiger partial charge in [0.25, 0.3) is 0 Å². The topological polar surface area (TPSA) is 37.3 Å². The smallest absolute Gasteiger partial charge is 0.161 e. The highest BCUT2D eigenvalue weighted by molar-refractivity contribution is 9.10. The SMILES string of the molecule is CC1CSC(Nc2cccc3cc(Br)cnc23)=NC1C. The Morgan fingerprint density at radius 1 is 1.35 bits per heavy atom. The molecule has 1 N–H and O–H groups in total. The Morgan fingerprint density at radius 2 is 2.20 bits per heavy atom. The second-order valence-electron chi connectivity index (χ2n) is 5.12. The third-order valence-corrected chi connectivity index (χ3v) is 5.15. The van der Waals surface area contributed by atoms with Gasteiger partial charge in [-0.05, 0) is 40.9 Å². The number of aliphatic imine (C=N–C) groups is 1. The van der Waals surface area contributed by atoms with Crippen LogP contribution in [-0.4, -0.2) is 21.9 Å².